The van der Waals surface area contributed by atoms with Crippen LogP contribution >= 0.6 is 0 Å². The van der Waals surface area contributed by atoms with Gasteiger partial charge in [0, 0.05) is 18.4 Å². The Morgan fingerprint density at radius 2 is 1.86 bits per heavy atom. The van der Waals surface area contributed by atoms with E-state index in [4.69, 9.17) is 9.47 Å². The smallest absolute Gasteiger partial charge is 0.177 e. The number of aromatic nitrogens is 1. The van der Waals surface area contributed by atoms with Crippen molar-refractivity contribution in [2.45, 2.75) is 30.1 Å². The molecule has 2 aromatic carbocycles. The Hall–Kier alpha value is -3.44. The number of aliphatic hydroxyl groups is 2. The maximum absolute atomic E-state index is 12.7. The minimum absolute atomic E-state index is 0.357. The van der Waals surface area contributed by atoms with E-state index in [0.717, 1.165) is 12.1 Å². The van der Waals surface area contributed by atoms with Crippen LogP contribution in [0.5, 0.6) is 11.5 Å². The van der Waals surface area contributed by atoms with Crippen LogP contribution in [0.1, 0.15) is 35.1 Å². The topological polar surface area (TPSA) is 98.8 Å². The molecule has 1 aromatic heterocycles. The van der Waals surface area contributed by atoms with Gasteiger partial charge < -0.3 is 24.6 Å². The molecule has 2 N–H and O–H groups in total. The van der Waals surface area contributed by atoms with Crippen LogP contribution in [0.4, 0.5) is 0 Å². The van der Waals surface area contributed by atoms with Gasteiger partial charge in [-0.2, -0.15) is 5.26 Å². The fourth-order valence-corrected chi connectivity index (χ4v) is 6.02. The van der Waals surface area contributed by atoms with Crippen LogP contribution in [0.2, 0.25) is 0 Å². The minimum Gasteiger partial charge on any atom is -0.495 e. The molecule has 5 rings (SSSR count). The number of fused-ring (bicyclic) bond motifs is 3. The number of rotatable bonds is 6. The summed E-state index contributed by atoms with van der Waals surface area (Å²) in [5.74, 6) is -0.0499. The fraction of sp³-hybridized carbons (Fsp3) is 0.357. The van der Waals surface area contributed by atoms with Crippen LogP contribution in [0.15, 0.2) is 67.0 Å². The molecule has 0 saturated heterocycles. The van der Waals surface area contributed by atoms with Crippen molar-refractivity contribution in [2.24, 2.45) is 5.92 Å². The summed E-state index contributed by atoms with van der Waals surface area (Å²) in [7, 11) is 3.52. The molecule has 1 aliphatic heterocycles. The van der Waals surface area contributed by atoms with Gasteiger partial charge in [0.2, 0.25) is 0 Å². The van der Waals surface area contributed by atoms with E-state index < -0.39 is 23.2 Å². The average molecular weight is 472 g/mol. The molecule has 2 heterocycles. The molecular weight excluding hydrogens is 442 g/mol. The minimum atomic E-state index is -1.83. The molecule has 5 atom stereocenters. The lowest BCUT2D eigenvalue weighted by atomic mass is 9.70. The van der Waals surface area contributed by atoms with Crippen molar-refractivity contribution < 1.29 is 19.7 Å². The van der Waals surface area contributed by atoms with E-state index in [0.29, 0.717) is 34.7 Å². The maximum Gasteiger partial charge on any atom is 0.177 e. The summed E-state index contributed by atoms with van der Waals surface area (Å²) in [4.78, 5) is 6.38. The van der Waals surface area contributed by atoms with Crippen LogP contribution < -0.4 is 9.47 Å². The van der Waals surface area contributed by atoms with Crippen LogP contribution in [0.3, 0.4) is 0 Å². The molecule has 7 nitrogen and oxygen atoms in total. The highest BCUT2D eigenvalue weighted by Crippen LogP contribution is 2.69. The summed E-state index contributed by atoms with van der Waals surface area (Å²) in [6.07, 6.45) is 1.92. The Kier molecular flexibility index (Phi) is 5.76. The Morgan fingerprint density at radius 1 is 1.14 bits per heavy atom. The highest BCUT2D eigenvalue weighted by Gasteiger charge is 2.76. The van der Waals surface area contributed by atoms with Gasteiger partial charge in [-0.3, -0.25) is 4.98 Å². The highest BCUT2D eigenvalue weighted by molar-refractivity contribution is 5.59. The van der Waals surface area contributed by atoms with E-state index >= 15 is 0 Å². The first-order chi connectivity index (χ1) is 16.9. The molecule has 2 aliphatic rings. The maximum atomic E-state index is 12.7. The van der Waals surface area contributed by atoms with Gasteiger partial charge in [-0.25, -0.2) is 0 Å². The molecule has 7 heteroatoms. The highest BCUT2D eigenvalue weighted by atomic mass is 16.5. The molecule has 35 heavy (non-hydrogen) atoms. The molecule has 0 bridgehead atoms. The Labute approximate surface area is 205 Å². The molecule has 1 aliphatic carbocycles. The number of benzene rings is 2. The number of nitrogens with zero attached hydrogens (tertiary/aromatic N) is 3. The van der Waals surface area contributed by atoms with Crippen LogP contribution in [0.25, 0.3) is 0 Å². The van der Waals surface area contributed by atoms with Gasteiger partial charge in [-0.05, 0) is 36.9 Å². The van der Waals surface area contributed by atoms with E-state index in [2.05, 4.69) is 22.9 Å². The second-order valence-electron chi connectivity index (χ2n) is 9.36. The van der Waals surface area contributed by atoms with E-state index in [1.165, 1.54) is 13.3 Å². The molecule has 0 radical (unpaired) electrons. The van der Waals surface area contributed by atoms with Gasteiger partial charge >= 0.3 is 0 Å². The molecule has 180 valence electrons. The van der Waals surface area contributed by atoms with E-state index in [-0.39, 0.29) is 5.92 Å². The first-order valence-electron chi connectivity index (χ1n) is 11.8. The zero-order chi connectivity index (χ0) is 24.8. The fourth-order valence-electron chi connectivity index (χ4n) is 6.02. The van der Waals surface area contributed by atoms with Crippen molar-refractivity contribution in [3.05, 3.63) is 89.2 Å². The van der Waals surface area contributed by atoms with Crippen molar-refractivity contribution >= 4 is 0 Å². The standard InChI is InChI=1S/C28H29N3O4/c1-4-31(2)17-21-24(19-8-6-5-7-9-19)28(20-12-10-18(14-29)11-13-20)27(33,26(21)32)25-22(34-3)15-30-16-23(25)35-28/h5-13,15-16,21,24,26,32-33H,4,17H2,1-3H3/t21-,24?,26-,27?,28-/m1/s1. The Morgan fingerprint density at radius 3 is 2.49 bits per heavy atom. The SMILES string of the molecule is CCN(C)C[C@@H]1C(c2ccccc2)[C@@]2(c3ccc(C#N)cc3)Oc3cncc(OC)c3C2(O)[C@@H]1O. The third kappa shape index (κ3) is 3.18. The molecular formula is C28H29N3O4. The first kappa shape index (κ1) is 23.3. The van der Waals surface area contributed by atoms with Gasteiger partial charge in [-0.1, -0.05) is 49.4 Å². The first-order valence-corrected chi connectivity index (χ1v) is 11.8. The Bertz CT molecular complexity index is 1260. The van der Waals surface area contributed by atoms with Crippen LogP contribution in [-0.4, -0.2) is 53.4 Å². The largest absolute Gasteiger partial charge is 0.495 e. The number of aliphatic hydroxyl groups excluding tert-OH is 1. The van der Waals surface area contributed by atoms with Crippen molar-refractivity contribution in [2.75, 3.05) is 27.2 Å². The quantitative estimate of drug-likeness (QED) is 0.570. The normalized spacial score (nSPS) is 28.8. The number of methoxy groups -OCH3 is 1. The van der Waals surface area contributed by atoms with E-state index in [1.807, 2.05) is 49.5 Å². The van der Waals surface area contributed by atoms with Gasteiger partial charge in [-0.15, -0.1) is 0 Å². The van der Waals surface area contributed by atoms with Gasteiger partial charge in [0.1, 0.15) is 11.5 Å². The monoisotopic (exact) mass is 471 g/mol. The van der Waals surface area contributed by atoms with E-state index in [9.17, 15) is 15.5 Å². The van der Waals surface area contributed by atoms with Crippen molar-refractivity contribution in [3.63, 3.8) is 0 Å². The van der Waals surface area contributed by atoms with Crippen molar-refractivity contribution in [3.8, 4) is 17.6 Å². The summed E-state index contributed by atoms with van der Waals surface area (Å²) in [6.45, 7) is 3.40. The number of pyridine rings is 1. The van der Waals surface area contributed by atoms with Crippen LogP contribution in [0, 0.1) is 17.2 Å². The Balaban J connectivity index is 1.84. The van der Waals surface area contributed by atoms with Gasteiger partial charge in [0.05, 0.1) is 42.8 Å². The summed E-state index contributed by atoms with van der Waals surface area (Å²) < 4.78 is 12.4. The number of hydrogen-bond donors (Lipinski definition) is 2. The lowest BCUT2D eigenvalue weighted by Crippen LogP contribution is -2.52. The van der Waals surface area contributed by atoms with Crippen molar-refractivity contribution in [1.29, 1.82) is 5.26 Å². The number of ether oxygens (including phenoxy) is 2. The predicted molar refractivity (Wildman–Crippen MR) is 130 cm³/mol. The molecule has 1 saturated carbocycles. The third-order valence-corrected chi connectivity index (χ3v) is 7.68. The molecule has 0 amide bonds. The summed E-state index contributed by atoms with van der Waals surface area (Å²) in [6, 6.07) is 19.1. The molecule has 0 spiro atoms. The summed E-state index contributed by atoms with van der Waals surface area (Å²) in [5, 5.41) is 34.1. The molecule has 3 aromatic rings. The lowest BCUT2D eigenvalue weighted by molar-refractivity contribution is -0.152. The molecule has 2 unspecified atom stereocenters. The van der Waals surface area contributed by atoms with Gasteiger partial charge in [0.15, 0.2) is 11.2 Å². The zero-order valence-electron chi connectivity index (χ0n) is 20.0. The van der Waals surface area contributed by atoms with Crippen molar-refractivity contribution in [1.82, 2.24) is 9.88 Å². The number of hydrogen-bond acceptors (Lipinski definition) is 7. The zero-order valence-corrected chi connectivity index (χ0v) is 20.0. The second-order valence-corrected chi connectivity index (χ2v) is 9.36. The van der Waals surface area contributed by atoms with Gasteiger partial charge in [0.25, 0.3) is 0 Å². The number of nitriles is 1. The summed E-state index contributed by atoms with van der Waals surface area (Å²) in [5.41, 5.74) is -0.688. The van der Waals surface area contributed by atoms with E-state index in [1.54, 1.807) is 18.3 Å². The summed E-state index contributed by atoms with van der Waals surface area (Å²) >= 11 is 0. The molecule has 1 fully saturated rings. The lowest BCUT2D eigenvalue weighted by Gasteiger charge is -2.41. The average Bonchev–Trinajstić information content (AvgIpc) is 3.27. The van der Waals surface area contributed by atoms with Crippen LogP contribution in [-0.2, 0) is 11.2 Å². The predicted octanol–water partition coefficient (Wildman–Crippen LogP) is 3.16. The second kappa shape index (κ2) is 8.65. The third-order valence-electron chi connectivity index (χ3n) is 7.68.